The second kappa shape index (κ2) is 6.61. The van der Waals surface area contributed by atoms with Crippen molar-refractivity contribution in [3.05, 3.63) is 40.5 Å². The van der Waals surface area contributed by atoms with Gasteiger partial charge in [-0.3, -0.25) is 4.79 Å². The number of aryl methyl sites for hydroxylation is 1. The van der Waals surface area contributed by atoms with Crippen molar-refractivity contribution in [1.29, 1.82) is 0 Å². The van der Waals surface area contributed by atoms with E-state index in [9.17, 15) is 4.79 Å². The van der Waals surface area contributed by atoms with Crippen LogP contribution in [0.3, 0.4) is 0 Å². The van der Waals surface area contributed by atoms with Gasteiger partial charge >= 0.3 is 0 Å². The maximum absolute atomic E-state index is 12.8. The van der Waals surface area contributed by atoms with E-state index < -0.39 is 0 Å². The lowest BCUT2D eigenvalue weighted by Crippen LogP contribution is -2.33. The summed E-state index contributed by atoms with van der Waals surface area (Å²) in [6.07, 6.45) is 8.89. The first-order valence-electron chi connectivity index (χ1n) is 9.95. The molecule has 0 aliphatic heterocycles. The number of hydrogen-bond donors (Lipinski definition) is 0. The zero-order chi connectivity index (χ0) is 18.3. The van der Waals surface area contributed by atoms with Gasteiger partial charge in [0.1, 0.15) is 5.78 Å². The van der Waals surface area contributed by atoms with Crippen LogP contribution in [0.2, 0.25) is 0 Å². The zero-order valence-electron chi connectivity index (χ0n) is 16.1. The summed E-state index contributed by atoms with van der Waals surface area (Å²) in [5, 5.41) is 0. The zero-order valence-corrected chi connectivity index (χ0v) is 16.1. The maximum Gasteiger partial charge on any atom is 0.161 e. The Balaban J connectivity index is 1.82. The Bertz CT molecular complexity index is 815. The third kappa shape index (κ3) is 2.44. The highest BCUT2D eigenvalue weighted by atomic mass is 16.5. The number of hydrogen-bond acceptors (Lipinski definition) is 3. The highest BCUT2D eigenvalue weighted by Crippen LogP contribution is 2.56. The standard InChI is InChI=1S/C23H28O3/c1-4-11-23-12-10-16-17(19(23)8-9-22(23)24)7-6-15-13-20(25-3)21(26-5-2)14-18(15)16/h8,13-14H,4-7,9-12H2,1-3H3/t23-/m0/s1. The van der Waals surface area contributed by atoms with Gasteiger partial charge < -0.3 is 9.47 Å². The van der Waals surface area contributed by atoms with E-state index in [0.717, 1.165) is 50.0 Å². The van der Waals surface area contributed by atoms with Crippen LogP contribution in [0.4, 0.5) is 0 Å². The fraction of sp³-hybridized carbons (Fsp3) is 0.522. The molecule has 3 aliphatic rings. The molecule has 0 saturated heterocycles. The second-order valence-corrected chi connectivity index (χ2v) is 7.63. The summed E-state index contributed by atoms with van der Waals surface area (Å²) < 4.78 is 11.4. The number of carbonyl (C=O) groups is 1. The van der Waals surface area contributed by atoms with E-state index in [-0.39, 0.29) is 5.41 Å². The molecule has 0 saturated carbocycles. The van der Waals surface area contributed by atoms with Gasteiger partial charge in [-0.1, -0.05) is 19.4 Å². The topological polar surface area (TPSA) is 35.5 Å². The molecule has 0 spiro atoms. The van der Waals surface area contributed by atoms with E-state index in [2.05, 4.69) is 25.1 Å². The second-order valence-electron chi connectivity index (χ2n) is 7.63. The number of allylic oxidation sites excluding steroid dienone is 4. The average Bonchev–Trinajstić information content (AvgIpc) is 2.98. The Morgan fingerprint density at radius 3 is 2.65 bits per heavy atom. The molecular formula is C23H28O3. The van der Waals surface area contributed by atoms with Gasteiger partial charge in [0.05, 0.1) is 19.1 Å². The third-order valence-electron chi connectivity index (χ3n) is 6.37. The Kier molecular flexibility index (Phi) is 4.42. The molecule has 0 N–H and O–H groups in total. The first kappa shape index (κ1) is 17.4. The van der Waals surface area contributed by atoms with E-state index >= 15 is 0 Å². The number of carbonyl (C=O) groups excluding carboxylic acids is 1. The van der Waals surface area contributed by atoms with Crippen molar-refractivity contribution in [3.63, 3.8) is 0 Å². The maximum atomic E-state index is 12.8. The molecule has 26 heavy (non-hydrogen) atoms. The largest absolute Gasteiger partial charge is 0.493 e. The number of benzene rings is 1. The van der Waals surface area contributed by atoms with Crippen molar-refractivity contribution in [2.75, 3.05) is 13.7 Å². The summed E-state index contributed by atoms with van der Waals surface area (Å²) in [7, 11) is 1.70. The molecule has 0 heterocycles. The minimum absolute atomic E-state index is 0.194. The van der Waals surface area contributed by atoms with E-state index in [1.54, 1.807) is 7.11 Å². The number of ether oxygens (including phenoxy) is 2. The Labute approximate surface area is 156 Å². The first-order chi connectivity index (χ1) is 12.6. The minimum Gasteiger partial charge on any atom is -0.493 e. The smallest absolute Gasteiger partial charge is 0.161 e. The average molecular weight is 352 g/mol. The highest BCUT2D eigenvalue weighted by molar-refractivity contribution is 5.97. The molecule has 3 nitrogen and oxygen atoms in total. The van der Waals surface area contributed by atoms with Gasteiger partial charge in [-0.05, 0) is 79.0 Å². The van der Waals surface area contributed by atoms with Crippen molar-refractivity contribution in [2.24, 2.45) is 5.41 Å². The summed E-state index contributed by atoms with van der Waals surface area (Å²) in [5.41, 5.74) is 6.68. The highest BCUT2D eigenvalue weighted by Gasteiger charge is 2.48. The summed E-state index contributed by atoms with van der Waals surface area (Å²) in [6.45, 7) is 4.82. The molecule has 0 radical (unpaired) electrons. The van der Waals surface area contributed by atoms with Crippen LogP contribution in [0.25, 0.3) is 5.57 Å². The predicted octanol–water partition coefficient (Wildman–Crippen LogP) is 5.27. The van der Waals surface area contributed by atoms with Gasteiger partial charge in [0.15, 0.2) is 11.5 Å². The Morgan fingerprint density at radius 1 is 1.08 bits per heavy atom. The molecule has 4 rings (SSSR count). The van der Waals surface area contributed by atoms with Gasteiger partial charge in [-0.2, -0.15) is 0 Å². The molecule has 138 valence electrons. The summed E-state index contributed by atoms with van der Waals surface area (Å²) in [6, 6.07) is 4.31. The Hall–Kier alpha value is -2.03. The normalized spacial score (nSPS) is 24.0. The van der Waals surface area contributed by atoms with Crippen LogP contribution in [-0.2, 0) is 11.2 Å². The van der Waals surface area contributed by atoms with Gasteiger partial charge in [0.2, 0.25) is 0 Å². The minimum atomic E-state index is -0.194. The molecule has 0 amide bonds. The molecule has 3 heteroatoms. The number of fused-ring (bicyclic) bond motifs is 4. The SMILES string of the molecule is CCC[C@]12CCC3=C(CCc4cc(OC)c(OCC)cc43)C1=CCC2=O. The van der Waals surface area contributed by atoms with Gasteiger partial charge in [-0.25, -0.2) is 0 Å². The van der Waals surface area contributed by atoms with Crippen LogP contribution >= 0.6 is 0 Å². The lowest BCUT2D eigenvalue weighted by molar-refractivity contribution is -0.125. The van der Waals surface area contributed by atoms with Crippen LogP contribution in [0.15, 0.2) is 29.4 Å². The van der Waals surface area contributed by atoms with Crippen LogP contribution in [-0.4, -0.2) is 19.5 Å². The number of methoxy groups -OCH3 is 1. The molecular weight excluding hydrogens is 324 g/mol. The lowest BCUT2D eigenvalue weighted by atomic mass is 9.63. The van der Waals surface area contributed by atoms with Crippen molar-refractivity contribution in [3.8, 4) is 11.5 Å². The van der Waals surface area contributed by atoms with Gasteiger partial charge in [0, 0.05) is 6.42 Å². The van der Waals surface area contributed by atoms with Crippen LogP contribution in [0, 0.1) is 5.41 Å². The molecule has 1 aromatic carbocycles. The van der Waals surface area contributed by atoms with E-state index in [0.29, 0.717) is 18.8 Å². The lowest BCUT2D eigenvalue weighted by Gasteiger charge is -2.40. The van der Waals surface area contributed by atoms with Crippen molar-refractivity contribution < 1.29 is 14.3 Å². The van der Waals surface area contributed by atoms with E-state index in [1.165, 1.54) is 27.8 Å². The van der Waals surface area contributed by atoms with Gasteiger partial charge in [0.25, 0.3) is 0 Å². The number of ketones is 1. The Morgan fingerprint density at radius 2 is 1.92 bits per heavy atom. The quantitative estimate of drug-likeness (QED) is 0.724. The van der Waals surface area contributed by atoms with E-state index in [1.807, 2.05) is 6.92 Å². The van der Waals surface area contributed by atoms with Crippen molar-refractivity contribution in [2.45, 2.75) is 58.8 Å². The van der Waals surface area contributed by atoms with Crippen molar-refractivity contribution >= 4 is 11.4 Å². The van der Waals surface area contributed by atoms with Crippen molar-refractivity contribution in [1.82, 2.24) is 0 Å². The molecule has 0 fully saturated rings. The molecule has 3 aliphatic carbocycles. The molecule has 0 unspecified atom stereocenters. The molecule has 0 bridgehead atoms. The van der Waals surface area contributed by atoms with Crippen LogP contribution in [0.1, 0.15) is 63.5 Å². The third-order valence-corrected chi connectivity index (χ3v) is 6.37. The van der Waals surface area contributed by atoms with Crippen LogP contribution < -0.4 is 9.47 Å². The summed E-state index contributed by atoms with van der Waals surface area (Å²) in [5.74, 6) is 2.09. The fourth-order valence-corrected chi connectivity index (χ4v) is 5.26. The summed E-state index contributed by atoms with van der Waals surface area (Å²) >= 11 is 0. The first-order valence-corrected chi connectivity index (χ1v) is 9.95. The monoisotopic (exact) mass is 352 g/mol. The van der Waals surface area contributed by atoms with E-state index in [4.69, 9.17) is 9.47 Å². The number of rotatable bonds is 5. The summed E-state index contributed by atoms with van der Waals surface area (Å²) in [4.78, 5) is 12.8. The predicted molar refractivity (Wildman–Crippen MR) is 104 cm³/mol. The molecule has 1 atom stereocenters. The van der Waals surface area contributed by atoms with Gasteiger partial charge in [-0.15, -0.1) is 0 Å². The van der Waals surface area contributed by atoms with Crippen LogP contribution in [0.5, 0.6) is 11.5 Å². The fourth-order valence-electron chi connectivity index (χ4n) is 5.26. The number of Topliss-reactive ketones (excluding diaryl/α,β-unsaturated/α-hetero) is 1. The molecule has 1 aromatic rings. The molecule has 0 aromatic heterocycles.